The Kier molecular flexibility index (Phi) is 7.84. The van der Waals surface area contributed by atoms with Crippen LogP contribution in [-0.4, -0.2) is 48.4 Å². The molecule has 7 heteroatoms. The highest BCUT2D eigenvalue weighted by atomic mass is 19.4. The van der Waals surface area contributed by atoms with Gasteiger partial charge in [0.2, 0.25) is 0 Å². The van der Waals surface area contributed by atoms with Gasteiger partial charge in [-0.25, -0.2) is 4.39 Å². The van der Waals surface area contributed by atoms with Gasteiger partial charge < -0.3 is 9.80 Å². The van der Waals surface area contributed by atoms with Gasteiger partial charge in [-0.1, -0.05) is 48.5 Å². The Balaban J connectivity index is 1.30. The summed E-state index contributed by atoms with van der Waals surface area (Å²) in [5, 5.41) is 0. The van der Waals surface area contributed by atoms with E-state index >= 15 is 0 Å². The van der Waals surface area contributed by atoms with Crippen molar-refractivity contribution in [2.45, 2.75) is 31.4 Å². The Labute approximate surface area is 221 Å². The predicted octanol–water partition coefficient (Wildman–Crippen LogP) is 6.66. The molecule has 2 aliphatic rings. The Hall–Kier alpha value is -3.19. The lowest BCUT2D eigenvalue weighted by Crippen LogP contribution is -2.39. The Morgan fingerprint density at radius 3 is 2.26 bits per heavy atom. The largest absolute Gasteiger partial charge is 0.416 e. The van der Waals surface area contributed by atoms with Crippen molar-refractivity contribution in [1.29, 1.82) is 0 Å². The van der Waals surface area contributed by atoms with Crippen molar-refractivity contribution in [3.8, 4) is 0 Å². The first kappa shape index (κ1) is 26.4. The molecule has 0 radical (unpaired) electrons. The molecule has 0 spiro atoms. The SMILES string of the molecule is O=C(c1ccc(F)cc1)N1C[C@@H](CN2CCC(Cc3ccccc3)CC2)[C@@H](c2cccc(C(F)(F)F)c2)C1. The molecule has 2 atom stereocenters. The molecule has 2 saturated heterocycles. The van der Waals surface area contributed by atoms with E-state index in [0.29, 0.717) is 30.1 Å². The third-order valence-electron chi connectivity index (χ3n) is 8.03. The molecule has 2 aliphatic heterocycles. The number of rotatable bonds is 6. The van der Waals surface area contributed by atoms with Crippen LogP contribution in [-0.2, 0) is 12.6 Å². The lowest BCUT2D eigenvalue weighted by Gasteiger charge is -2.34. The van der Waals surface area contributed by atoms with Crippen molar-refractivity contribution >= 4 is 5.91 Å². The summed E-state index contributed by atoms with van der Waals surface area (Å²) in [7, 11) is 0. The summed E-state index contributed by atoms with van der Waals surface area (Å²) in [4.78, 5) is 17.3. The van der Waals surface area contributed by atoms with Crippen molar-refractivity contribution < 1.29 is 22.4 Å². The van der Waals surface area contributed by atoms with Gasteiger partial charge in [-0.15, -0.1) is 0 Å². The number of piperidine rings is 1. The molecule has 2 fully saturated rings. The van der Waals surface area contributed by atoms with Gasteiger partial charge in [0.25, 0.3) is 5.91 Å². The quantitative estimate of drug-likeness (QED) is 0.337. The Bertz CT molecular complexity index is 1220. The summed E-state index contributed by atoms with van der Waals surface area (Å²) in [5.74, 6) is -0.213. The molecule has 5 rings (SSSR count). The van der Waals surface area contributed by atoms with Crippen LogP contribution in [0.25, 0.3) is 0 Å². The predicted molar refractivity (Wildman–Crippen MR) is 139 cm³/mol. The number of carbonyl (C=O) groups is 1. The molecular formula is C31H32F4N2O. The number of likely N-dealkylation sites (tertiary alicyclic amines) is 2. The molecule has 0 unspecified atom stereocenters. The molecular weight excluding hydrogens is 492 g/mol. The summed E-state index contributed by atoms with van der Waals surface area (Å²) < 4.78 is 53.8. The summed E-state index contributed by atoms with van der Waals surface area (Å²) in [6, 6.07) is 21.4. The van der Waals surface area contributed by atoms with Crippen molar-refractivity contribution in [3.05, 3.63) is 107 Å². The van der Waals surface area contributed by atoms with Gasteiger partial charge in [0.05, 0.1) is 5.56 Å². The average molecular weight is 525 g/mol. The molecule has 2 heterocycles. The van der Waals surface area contributed by atoms with Crippen LogP contribution in [0.5, 0.6) is 0 Å². The van der Waals surface area contributed by atoms with Crippen LogP contribution in [0.3, 0.4) is 0 Å². The minimum Gasteiger partial charge on any atom is -0.338 e. The maximum absolute atomic E-state index is 13.5. The average Bonchev–Trinajstić information content (AvgIpc) is 3.34. The second-order valence-corrected chi connectivity index (χ2v) is 10.6. The van der Waals surface area contributed by atoms with Crippen LogP contribution in [0.4, 0.5) is 17.6 Å². The minimum atomic E-state index is -4.42. The molecule has 3 nitrogen and oxygen atoms in total. The van der Waals surface area contributed by atoms with Crippen LogP contribution >= 0.6 is 0 Å². The number of nitrogens with zero attached hydrogens (tertiary/aromatic N) is 2. The molecule has 0 bridgehead atoms. The second-order valence-electron chi connectivity index (χ2n) is 10.6. The van der Waals surface area contributed by atoms with Crippen molar-refractivity contribution in [2.75, 3.05) is 32.7 Å². The minimum absolute atomic E-state index is 0.00792. The number of hydrogen-bond donors (Lipinski definition) is 0. The fraction of sp³-hybridized carbons (Fsp3) is 0.387. The molecule has 0 aliphatic carbocycles. The molecule has 3 aromatic rings. The monoisotopic (exact) mass is 524 g/mol. The number of benzene rings is 3. The highest BCUT2D eigenvalue weighted by molar-refractivity contribution is 5.94. The van der Waals surface area contributed by atoms with E-state index < -0.39 is 17.6 Å². The zero-order chi connectivity index (χ0) is 26.7. The van der Waals surface area contributed by atoms with Crippen LogP contribution in [0, 0.1) is 17.7 Å². The van der Waals surface area contributed by atoms with Crippen LogP contribution in [0.1, 0.15) is 45.8 Å². The second kappa shape index (κ2) is 11.3. The highest BCUT2D eigenvalue weighted by Crippen LogP contribution is 2.38. The normalized spacial score (nSPS) is 21.1. The van der Waals surface area contributed by atoms with E-state index in [0.717, 1.165) is 45.0 Å². The molecule has 0 saturated carbocycles. The standard InChI is InChI=1S/C31H32F4N2O/c32-28-11-9-24(10-12-28)30(38)37-20-26(29(21-37)25-7-4-8-27(18-25)31(33,34)35)19-36-15-13-23(14-16-36)17-22-5-2-1-3-6-22/h1-12,18,23,26,29H,13-17,19-21H2/t26-,29-/m1/s1. The van der Waals surface area contributed by atoms with E-state index in [1.165, 1.54) is 42.0 Å². The zero-order valence-electron chi connectivity index (χ0n) is 21.2. The van der Waals surface area contributed by atoms with Gasteiger partial charge >= 0.3 is 6.18 Å². The molecule has 1 amide bonds. The maximum Gasteiger partial charge on any atom is 0.416 e. The lowest BCUT2D eigenvalue weighted by atomic mass is 9.86. The maximum atomic E-state index is 13.5. The van der Waals surface area contributed by atoms with Gasteiger partial charge in [-0.3, -0.25) is 4.79 Å². The first-order chi connectivity index (χ1) is 18.3. The van der Waals surface area contributed by atoms with Crippen LogP contribution in [0.2, 0.25) is 0 Å². The van der Waals surface area contributed by atoms with E-state index in [-0.39, 0.29) is 17.7 Å². The summed E-state index contributed by atoms with van der Waals surface area (Å²) in [6.07, 6.45) is -1.21. The van der Waals surface area contributed by atoms with Gasteiger partial charge in [0.15, 0.2) is 0 Å². The fourth-order valence-corrected chi connectivity index (χ4v) is 5.97. The third kappa shape index (κ3) is 6.26. The Morgan fingerprint density at radius 1 is 0.868 bits per heavy atom. The number of alkyl halides is 3. The molecule has 200 valence electrons. The van der Waals surface area contributed by atoms with E-state index in [1.54, 1.807) is 11.0 Å². The van der Waals surface area contributed by atoms with Crippen molar-refractivity contribution in [3.63, 3.8) is 0 Å². The van der Waals surface area contributed by atoms with E-state index in [9.17, 15) is 22.4 Å². The lowest BCUT2D eigenvalue weighted by molar-refractivity contribution is -0.137. The number of carbonyl (C=O) groups excluding carboxylic acids is 1. The van der Waals surface area contributed by atoms with Gasteiger partial charge in [-0.2, -0.15) is 13.2 Å². The van der Waals surface area contributed by atoms with Crippen molar-refractivity contribution in [1.82, 2.24) is 9.80 Å². The first-order valence-electron chi connectivity index (χ1n) is 13.2. The molecule has 38 heavy (non-hydrogen) atoms. The highest BCUT2D eigenvalue weighted by Gasteiger charge is 2.39. The third-order valence-corrected chi connectivity index (χ3v) is 8.03. The Morgan fingerprint density at radius 2 is 1.58 bits per heavy atom. The zero-order valence-corrected chi connectivity index (χ0v) is 21.2. The first-order valence-corrected chi connectivity index (χ1v) is 13.2. The van der Waals surface area contributed by atoms with Gasteiger partial charge in [0.1, 0.15) is 5.82 Å². The van der Waals surface area contributed by atoms with Gasteiger partial charge in [0, 0.05) is 31.1 Å². The number of amides is 1. The van der Waals surface area contributed by atoms with Crippen LogP contribution < -0.4 is 0 Å². The van der Waals surface area contributed by atoms with E-state index in [1.807, 2.05) is 6.07 Å². The van der Waals surface area contributed by atoms with E-state index in [2.05, 4.69) is 29.2 Å². The fourth-order valence-electron chi connectivity index (χ4n) is 5.97. The summed E-state index contributed by atoms with van der Waals surface area (Å²) >= 11 is 0. The number of hydrogen-bond acceptors (Lipinski definition) is 2. The summed E-state index contributed by atoms with van der Waals surface area (Å²) in [6.45, 7) is 3.41. The number of halogens is 4. The van der Waals surface area contributed by atoms with E-state index in [4.69, 9.17) is 0 Å². The molecule has 0 N–H and O–H groups in total. The summed E-state index contributed by atoms with van der Waals surface area (Å²) in [5.41, 5.74) is 1.68. The van der Waals surface area contributed by atoms with Crippen molar-refractivity contribution in [2.24, 2.45) is 11.8 Å². The smallest absolute Gasteiger partial charge is 0.338 e. The molecule has 3 aromatic carbocycles. The topological polar surface area (TPSA) is 23.6 Å². The molecule has 0 aromatic heterocycles. The van der Waals surface area contributed by atoms with Crippen LogP contribution in [0.15, 0.2) is 78.9 Å². The van der Waals surface area contributed by atoms with Gasteiger partial charge in [-0.05, 0) is 85.6 Å².